The highest BCUT2D eigenvalue weighted by Crippen LogP contribution is 2.44. The molecule has 3 atom stereocenters. The number of hydrogen-bond donors (Lipinski definition) is 2. The van der Waals surface area contributed by atoms with Crippen LogP contribution in [0.2, 0.25) is 0 Å². The summed E-state index contributed by atoms with van der Waals surface area (Å²) in [5, 5.41) is 12.1. The topological polar surface area (TPSA) is 114 Å². The molecule has 2 aliphatic heterocycles. The number of hydrogen-bond acceptors (Lipinski definition) is 6. The second kappa shape index (κ2) is 10.1. The number of amides is 2. The Labute approximate surface area is 203 Å². The summed E-state index contributed by atoms with van der Waals surface area (Å²) in [6.07, 6.45) is -1.03. The fourth-order valence-electron chi connectivity index (χ4n) is 5.11. The number of benzene rings is 2. The van der Waals surface area contributed by atoms with E-state index in [4.69, 9.17) is 14.2 Å². The molecule has 0 aromatic heterocycles. The summed E-state index contributed by atoms with van der Waals surface area (Å²) in [6.45, 7) is 1.14. The molecule has 2 aromatic carbocycles. The van der Waals surface area contributed by atoms with E-state index in [1.807, 2.05) is 24.3 Å². The van der Waals surface area contributed by atoms with Gasteiger partial charge in [-0.1, -0.05) is 48.5 Å². The van der Waals surface area contributed by atoms with Crippen molar-refractivity contribution in [3.05, 3.63) is 59.7 Å². The molecular formula is C26H28N2O7. The van der Waals surface area contributed by atoms with E-state index in [1.54, 1.807) is 0 Å². The molecule has 0 radical (unpaired) electrons. The number of carboxylic acid groups (broad SMARTS) is 1. The molecule has 184 valence electrons. The Morgan fingerprint density at radius 1 is 1.03 bits per heavy atom. The Bertz CT molecular complexity index is 1070. The van der Waals surface area contributed by atoms with Crippen molar-refractivity contribution in [2.24, 2.45) is 5.92 Å². The van der Waals surface area contributed by atoms with Crippen LogP contribution >= 0.6 is 0 Å². The molecule has 2 amide bonds. The number of ether oxygens (including phenoxy) is 3. The lowest BCUT2D eigenvalue weighted by molar-refractivity contribution is -0.146. The maximum Gasteiger partial charge on any atom is 0.407 e. The van der Waals surface area contributed by atoms with Gasteiger partial charge < -0.3 is 29.5 Å². The molecule has 2 heterocycles. The van der Waals surface area contributed by atoms with Crippen molar-refractivity contribution in [3.8, 4) is 11.1 Å². The first kappa shape index (κ1) is 23.3. The number of aliphatic carboxylic acids is 1. The molecule has 0 saturated carbocycles. The minimum atomic E-state index is -1.01. The molecular weight excluding hydrogens is 452 g/mol. The van der Waals surface area contributed by atoms with E-state index >= 15 is 0 Å². The number of alkyl carbamates (subject to hydrolysis) is 1. The van der Waals surface area contributed by atoms with Gasteiger partial charge in [0.05, 0.1) is 25.2 Å². The van der Waals surface area contributed by atoms with Crippen LogP contribution in [-0.4, -0.2) is 79.6 Å². The van der Waals surface area contributed by atoms with Crippen molar-refractivity contribution in [2.75, 3.05) is 39.5 Å². The van der Waals surface area contributed by atoms with E-state index in [2.05, 4.69) is 29.6 Å². The van der Waals surface area contributed by atoms with Gasteiger partial charge in [0.15, 0.2) is 6.10 Å². The zero-order chi connectivity index (χ0) is 24.4. The van der Waals surface area contributed by atoms with Gasteiger partial charge in [-0.25, -0.2) is 4.79 Å². The predicted octanol–water partition coefficient (Wildman–Crippen LogP) is 2.24. The van der Waals surface area contributed by atoms with Gasteiger partial charge >= 0.3 is 12.1 Å². The lowest BCUT2D eigenvalue weighted by Crippen LogP contribution is -2.51. The van der Waals surface area contributed by atoms with E-state index in [-0.39, 0.29) is 44.7 Å². The maximum atomic E-state index is 13.1. The van der Waals surface area contributed by atoms with E-state index in [0.29, 0.717) is 13.0 Å². The van der Waals surface area contributed by atoms with Gasteiger partial charge in [0.25, 0.3) is 5.91 Å². The average molecular weight is 481 g/mol. The van der Waals surface area contributed by atoms with Gasteiger partial charge in [0, 0.05) is 25.6 Å². The summed E-state index contributed by atoms with van der Waals surface area (Å²) in [5.41, 5.74) is 4.53. The monoisotopic (exact) mass is 480 g/mol. The standard InChI is InChI=1S/C26H28N2O7/c29-24(28-10-12-33-14-16(13-28)25(30)31)23-22(9-11-34-23)27-26(32)35-15-21-19-7-3-1-5-17(19)18-6-2-4-8-20(18)21/h1-8,16,21-23H,9-15H2,(H,27,32)(H,30,31)/t16?,22-,23+/m0/s1. The summed E-state index contributed by atoms with van der Waals surface area (Å²) in [6, 6.07) is 15.7. The van der Waals surface area contributed by atoms with Crippen molar-refractivity contribution in [2.45, 2.75) is 24.5 Å². The van der Waals surface area contributed by atoms with Gasteiger partial charge in [-0.05, 0) is 28.7 Å². The maximum absolute atomic E-state index is 13.1. The summed E-state index contributed by atoms with van der Waals surface area (Å²) in [5.74, 6) is -2.21. The SMILES string of the molecule is O=C(N[C@H]1CCO[C@H]1C(=O)N1CCOCC(C(=O)O)C1)OCC1c2ccccc2-c2ccccc21. The second-order valence-electron chi connectivity index (χ2n) is 9.05. The fourth-order valence-corrected chi connectivity index (χ4v) is 5.11. The third-order valence-corrected chi connectivity index (χ3v) is 6.91. The van der Waals surface area contributed by atoms with Crippen LogP contribution in [0.25, 0.3) is 11.1 Å². The first-order chi connectivity index (χ1) is 17.0. The molecule has 2 fully saturated rings. The molecule has 2 saturated heterocycles. The van der Waals surface area contributed by atoms with Crippen molar-refractivity contribution in [1.29, 1.82) is 0 Å². The van der Waals surface area contributed by atoms with E-state index in [1.165, 1.54) is 4.90 Å². The summed E-state index contributed by atoms with van der Waals surface area (Å²) < 4.78 is 16.6. The Kier molecular flexibility index (Phi) is 6.70. The lowest BCUT2D eigenvalue weighted by atomic mass is 9.98. The van der Waals surface area contributed by atoms with Crippen molar-refractivity contribution in [1.82, 2.24) is 10.2 Å². The Balaban J connectivity index is 1.21. The molecule has 35 heavy (non-hydrogen) atoms. The van der Waals surface area contributed by atoms with Gasteiger partial charge in [-0.3, -0.25) is 9.59 Å². The number of fused-ring (bicyclic) bond motifs is 3. The Hall–Kier alpha value is -3.43. The minimum absolute atomic E-state index is 0.0473. The largest absolute Gasteiger partial charge is 0.481 e. The molecule has 2 N–H and O–H groups in total. The van der Waals surface area contributed by atoms with Gasteiger partial charge in [0.1, 0.15) is 6.61 Å². The molecule has 9 nitrogen and oxygen atoms in total. The highest BCUT2D eigenvalue weighted by Gasteiger charge is 2.40. The number of rotatable bonds is 5. The van der Waals surface area contributed by atoms with Crippen LogP contribution in [0.3, 0.4) is 0 Å². The molecule has 1 aliphatic carbocycles. The second-order valence-corrected chi connectivity index (χ2v) is 9.05. The Morgan fingerprint density at radius 2 is 1.71 bits per heavy atom. The van der Waals surface area contributed by atoms with E-state index < -0.39 is 30.1 Å². The quantitative estimate of drug-likeness (QED) is 0.675. The molecule has 3 aliphatic rings. The zero-order valence-corrected chi connectivity index (χ0v) is 19.2. The Morgan fingerprint density at radius 3 is 2.40 bits per heavy atom. The number of nitrogens with zero attached hydrogens (tertiary/aromatic N) is 1. The first-order valence-corrected chi connectivity index (χ1v) is 11.9. The first-order valence-electron chi connectivity index (χ1n) is 11.9. The van der Waals surface area contributed by atoms with Crippen LogP contribution < -0.4 is 5.32 Å². The molecule has 0 bridgehead atoms. The van der Waals surface area contributed by atoms with Crippen LogP contribution in [0.4, 0.5) is 4.79 Å². The molecule has 0 spiro atoms. The van der Waals surface area contributed by atoms with E-state index in [0.717, 1.165) is 22.3 Å². The lowest BCUT2D eigenvalue weighted by Gasteiger charge is -2.27. The molecule has 9 heteroatoms. The molecule has 5 rings (SSSR count). The number of carbonyl (C=O) groups excluding carboxylic acids is 2. The van der Waals surface area contributed by atoms with Crippen LogP contribution in [0.1, 0.15) is 23.5 Å². The van der Waals surface area contributed by atoms with Gasteiger partial charge in [-0.2, -0.15) is 0 Å². The molecule has 1 unspecified atom stereocenters. The molecule has 2 aromatic rings. The summed E-state index contributed by atoms with van der Waals surface area (Å²) in [7, 11) is 0. The van der Waals surface area contributed by atoms with Crippen LogP contribution in [0, 0.1) is 5.92 Å². The van der Waals surface area contributed by atoms with Crippen molar-refractivity contribution >= 4 is 18.0 Å². The zero-order valence-electron chi connectivity index (χ0n) is 19.2. The summed E-state index contributed by atoms with van der Waals surface area (Å²) in [4.78, 5) is 38.7. The average Bonchev–Trinajstić information content (AvgIpc) is 3.35. The third-order valence-electron chi connectivity index (χ3n) is 6.91. The number of carbonyl (C=O) groups is 3. The third kappa shape index (κ3) is 4.74. The fraction of sp³-hybridized carbons (Fsp3) is 0.423. The van der Waals surface area contributed by atoms with Crippen LogP contribution in [0.5, 0.6) is 0 Å². The summed E-state index contributed by atoms with van der Waals surface area (Å²) >= 11 is 0. The highest BCUT2D eigenvalue weighted by atomic mass is 16.6. The van der Waals surface area contributed by atoms with Crippen LogP contribution in [0.15, 0.2) is 48.5 Å². The van der Waals surface area contributed by atoms with Crippen molar-refractivity contribution < 1.29 is 33.7 Å². The van der Waals surface area contributed by atoms with Gasteiger partial charge in [-0.15, -0.1) is 0 Å². The van der Waals surface area contributed by atoms with E-state index in [9.17, 15) is 19.5 Å². The number of nitrogens with one attached hydrogen (secondary N) is 1. The van der Waals surface area contributed by atoms with Crippen LogP contribution in [-0.2, 0) is 23.8 Å². The van der Waals surface area contributed by atoms with Crippen molar-refractivity contribution in [3.63, 3.8) is 0 Å². The number of carboxylic acids is 1. The smallest absolute Gasteiger partial charge is 0.407 e. The predicted molar refractivity (Wildman–Crippen MR) is 125 cm³/mol. The highest BCUT2D eigenvalue weighted by molar-refractivity contribution is 5.84. The minimum Gasteiger partial charge on any atom is -0.481 e. The normalized spacial score (nSPS) is 23.8. The van der Waals surface area contributed by atoms with Gasteiger partial charge in [0.2, 0.25) is 0 Å².